The van der Waals surface area contributed by atoms with E-state index in [0.29, 0.717) is 6.04 Å². The van der Waals surface area contributed by atoms with E-state index in [4.69, 9.17) is 0 Å². The third-order valence-corrected chi connectivity index (χ3v) is 5.27. The van der Waals surface area contributed by atoms with Gasteiger partial charge in [-0.3, -0.25) is 4.98 Å². The molecule has 0 spiro atoms. The Morgan fingerprint density at radius 1 is 1.22 bits per heavy atom. The standard InChI is InChI=1S/C17H21N5S/c1-2-14(11-18-5-1)12-22(15-3-4-15)17-10-16(19-13-20-17)21-6-8-23-9-7-21/h1-2,5,10-11,13,15H,3-4,6-9,12H2. The number of aromatic nitrogens is 3. The quantitative estimate of drug-likeness (QED) is 0.841. The molecular weight excluding hydrogens is 306 g/mol. The largest absolute Gasteiger partial charge is 0.355 e. The molecule has 2 aromatic heterocycles. The minimum atomic E-state index is 0.606. The summed E-state index contributed by atoms with van der Waals surface area (Å²) in [6.45, 7) is 3.02. The highest BCUT2D eigenvalue weighted by atomic mass is 32.2. The van der Waals surface area contributed by atoms with Gasteiger partial charge in [-0.15, -0.1) is 0 Å². The Morgan fingerprint density at radius 2 is 2.09 bits per heavy atom. The molecule has 0 aromatic carbocycles. The van der Waals surface area contributed by atoms with Crippen LogP contribution in [0.15, 0.2) is 36.9 Å². The van der Waals surface area contributed by atoms with Crippen LogP contribution in [0.2, 0.25) is 0 Å². The van der Waals surface area contributed by atoms with Gasteiger partial charge >= 0.3 is 0 Å². The van der Waals surface area contributed by atoms with Gasteiger partial charge in [-0.1, -0.05) is 6.07 Å². The smallest absolute Gasteiger partial charge is 0.134 e. The van der Waals surface area contributed by atoms with Crippen molar-refractivity contribution >= 4 is 23.4 Å². The van der Waals surface area contributed by atoms with Gasteiger partial charge in [-0.25, -0.2) is 9.97 Å². The van der Waals surface area contributed by atoms with Crippen LogP contribution in [-0.4, -0.2) is 45.6 Å². The highest BCUT2D eigenvalue weighted by Gasteiger charge is 2.30. The third kappa shape index (κ3) is 3.58. The van der Waals surface area contributed by atoms with Crippen LogP contribution in [0.5, 0.6) is 0 Å². The first-order valence-electron chi connectivity index (χ1n) is 8.20. The number of pyridine rings is 1. The average molecular weight is 327 g/mol. The van der Waals surface area contributed by atoms with Crippen molar-refractivity contribution in [1.82, 2.24) is 15.0 Å². The van der Waals surface area contributed by atoms with E-state index in [0.717, 1.165) is 31.3 Å². The molecule has 0 amide bonds. The maximum atomic E-state index is 4.55. The van der Waals surface area contributed by atoms with Crippen molar-refractivity contribution in [3.63, 3.8) is 0 Å². The molecule has 6 heteroatoms. The molecule has 1 aliphatic carbocycles. The second-order valence-electron chi connectivity index (χ2n) is 6.05. The SMILES string of the molecule is c1cncc(CN(c2cc(N3CCSCC3)ncn2)C2CC2)c1. The van der Waals surface area contributed by atoms with Gasteiger partial charge in [0.1, 0.15) is 18.0 Å². The lowest BCUT2D eigenvalue weighted by molar-refractivity contribution is 0.767. The Hall–Kier alpha value is -1.82. The van der Waals surface area contributed by atoms with E-state index in [1.54, 1.807) is 6.33 Å². The molecule has 4 rings (SSSR count). The van der Waals surface area contributed by atoms with Crippen molar-refractivity contribution < 1.29 is 0 Å². The third-order valence-electron chi connectivity index (χ3n) is 4.33. The zero-order chi connectivity index (χ0) is 15.5. The van der Waals surface area contributed by atoms with E-state index in [9.17, 15) is 0 Å². The van der Waals surface area contributed by atoms with E-state index in [2.05, 4.69) is 36.9 Å². The van der Waals surface area contributed by atoms with Crippen LogP contribution in [0.4, 0.5) is 11.6 Å². The molecule has 5 nitrogen and oxygen atoms in total. The summed E-state index contributed by atoms with van der Waals surface area (Å²) in [7, 11) is 0. The van der Waals surface area contributed by atoms with Crippen LogP contribution in [0, 0.1) is 0 Å². The van der Waals surface area contributed by atoms with Gasteiger partial charge in [0, 0.05) is 55.6 Å². The summed E-state index contributed by atoms with van der Waals surface area (Å²) in [5.74, 6) is 4.47. The molecular formula is C17H21N5S. The van der Waals surface area contributed by atoms with E-state index in [1.165, 1.54) is 29.9 Å². The number of hydrogen-bond donors (Lipinski definition) is 0. The van der Waals surface area contributed by atoms with Gasteiger partial charge in [0.05, 0.1) is 0 Å². The minimum Gasteiger partial charge on any atom is -0.355 e. The molecule has 1 saturated carbocycles. The summed E-state index contributed by atoms with van der Waals surface area (Å²) in [4.78, 5) is 18.1. The lowest BCUT2D eigenvalue weighted by Gasteiger charge is -2.29. The maximum absolute atomic E-state index is 4.55. The summed E-state index contributed by atoms with van der Waals surface area (Å²) >= 11 is 2.02. The zero-order valence-corrected chi connectivity index (χ0v) is 14.0. The molecule has 1 aliphatic heterocycles. The Labute approximate surface area is 141 Å². The van der Waals surface area contributed by atoms with Crippen molar-refractivity contribution in [2.75, 3.05) is 34.4 Å². The summed E-state index contributed by atoms with van der Waals surface area (Å²) in [5.41, 5.74) is 1.23. The Morgan fingerprint density at radius 3 is 2.83 bits per heavy atom. The normalized spacial score (nSPS) is 18.0. The first-order chi connectivity index (χ1) is 11.4. The molecule has 3 heterocycles. The fourth-order valence-electron chi connectivity index (χ4n) is 2.93. The van der Waals surface area contributed by atoms with Gasteiger partial charge < -0.3 is 9.80 Å². The molecule has 0 N–H and O–H groups in total. The lowest BCUT2D eigenvalue weighted by Crippen LogP contribution is -2.33. The second kappa shape index (κ2) is 6.74. The monoisotopic (exact) mass is 327 g/mol. The fourth-order valence-corrected chi connectivity index (χ4v) is 3.83. The van der Waals surface area contributed by atoms with Crippen molar-refractivity contribution in [1.29, 1.82) is 0 Å². The summed E-state index contributed by atoms with van der Waals surface area (Å²) in [6, 6.07) is 6.89. The van der Waals surface area contributed by atoms with Gasteiger partial charge in [0.25, 0.3) is 0 Å². The first kappa shape index (κ1) is 14.8. The Bertz CT molecular complexity index is 640. The molecule has 0 radical (unpaired) electrons. The van der Waals surface area contributed by atoms with E-state index in [1.807, 2.05) is 30.2 Å². The second-order valence-corrected chi connectivity index (χ2v) is 7.28. The number of rotatable bonds is 5. The first-order valence-corrected chi connectivity index (χ1v) is 9.36. The molecule has 120 valence electrons. The maximum Gasteiger partial charge on any atom is 0.134 e. The highest BCUT2D eigenvalue weighted by Crippen LogP contribution is 2.33. The Kier molecular flexibility index (Phi) is 4.33. The van der Waals surface area contributed by atoms with Gasteiger partial charge in [0.15, 0.2) is 0 Å². The minimum absolute atomic E-state index is 0.606. The van der Waals surface area contributed by atoms with Crippen LogP contribution in [0.3, 0.4) is 0 Å². The Balaban J connectivity index is 1.56. The summed E-state index contributed by atoms with van der Waals surface area (Å²) in [5, 5.41) is 0. The van der Waals surface area contributed by atoms with Crippen LogP contribution in [0.1, 0.15) is 18.4 Å². The van der Waals surface area contributed by atoms with Crippen LogP contribution in [-0.2, 0) is 6.54 Å². The molecule has 2 fully saturated rings. The number of thioether (sulfide) groups is 1. The predicted molar refractivity (Wildman–Crippen MR) is 95.0 cm³/mol. The molecule has 0 bridgehead atoms. The number of hydrogen-bond acceptors (Lipinski definition) is 6. The number of nitrogens with zero attached hydrogens (tertiary/aromatic N) is 5. The van der Waals surface area contributed by atoms with Crippen molar-refractivity contribution in [2.24, 2.45) is 0 Å². The van der Waals surface area contributed by atoms with Gasteiger partial charge in [0.2, 0.25) is 0 Å². The zero-order valence-electron chi connectivity index (χ0n) is 13.1. The highest BCUT2D eigenvalue weighted by molar-refractivity contribution is 7.99. The molecule has 0 unspecified atom stereocenters. The number of anilines is 2. The predicted octanol–water partition coefficient (Wildman–Crippen LogP) is 2.59. The van der Waals surface area contributed by atoms with Crippen molar-refractivity contribution in [3.8, 4) is 0 Å². The average Bonchev–Trinajstić information content (AvgIpc) is 3.46. The van der Waals surface area contributed by atoms with E-state index in [-0.39, 0.29) is 0 Å². The van der Waals surface area contributed by atoms with Crippen LogP contribution >= 0.6 is 11.8 Å². The van der Waals surface area contributed by atoms with E-state index < -0.39 is 0 Å². The molecule has 23 heavy (non-hydrogen) atoms. The van der Waals surface area contributed by atoms with E-state index >= 15 is 0 Å². The van der Waals surface area contributed by atoms with Crippen LogP contribution in [0.25, 0.3) is 0 Å². The topological polar surface area (TPSA) is 45.2 Å². The summed E-state index contributed by atoms with van der Waals surface area (Å²) in [6.07, 6.45) is 7.98. The molecule has 0 atom stereocenters. The van der Waals surface area contributed by atoms with Crippen LogP contribution < -0.4 is 9.80 Å². The fraction of sp³-hybridized carbons (Fsp3) is 0.471. The molecule has 2 aliphatic rings. The van der Waals surface area contributed by atoms with Crippen molar-refractivity contribution in [2.45, 2.75) is 25.4 Å². The van der Waals surface area contributed by atoms with Crippen molar-refractivity contribution in [3.05, 3.63) is 42.5 Å². The summed E-state index contributed by atoms with van der Waals surface area (Å²) < 4.78 is 0. The lowest BCUT2D eigenvalue weighted by atomic mass is 10.2. The van der Waals surface area contributed by atoms with Gasteiger partial charge in [-0.05, 0) is 24.5 Å². The molecule has 2 aromatic rings. The van der Waals surface area contributed by atoms with Gasteiger partial charge in [-0.2, -0.15) is 11.8 Å². The molecule has 1 saturated heterocycles.